The Bertz CT molecular complexity index is 452. The van der Waals surface area contributed by atoms with Gasteiger partial charge in [0.25, 0.3) is 5.91 Å². The lowest BCUT2D eigenvalue weighted by Gasteiger charge is -2.22. The molecule has 1 aromatic rings. The maximum Gasteiger partial charge on any atom is 0.254 e. The molecule has 1 aromatic heterocycles. The summed E-state index contributed by atoms with van der Waals surface area (Å²) < 4.78 is 10.1. The highest BCUT2D eigenvalue weighted by Crippen LogP contribution is 2.12. The molecule has 6 nitrogen and oxygen atoms in total. The van der Waals surface area contributed by atoms with Crippen molar-refractivity contribution in [2.75, 3.05) is 52.9 Å². The summed E-state index contributed by atoms with van der Waals surface area (Å²) in [6, 6.07) is 3.57. The Labute approximate surface area is 126 Å². The molecule has 1 rings (SSSR count). The number of ether oxygens (including phenoxy) is 2. The second-order valence-corrected chi connectivity index (χ2v) is 4.76. The topological polar surface area (TPSA) is 63.7 Å². The Balaban J connectivity index is 2.84. The van der Waals surface area contributed by atoms with E-state index in [9.17, 15) is 4.79 Å². The number of amides is 1. The van der Waals surface area contributed by atoms with Crippen LogP contribution < -0.4 is 5.32 Å². The van der Waals surface area contributed by atoms with E-state index < -0.39 is 0 Å². The Morgan fingerprint density at radius 1 is 1.24 bits per heavy atom. The quantitative estimate of drug-likeness (QED) is 0.700. The lowest BCUT2D eigenvalue weighted by Crippen LogP contribution is -2.35. The molecule has 0 aliphatic rings. The fourth-order valence-electron chi connectivity index (χ4n) is 2.02. The van der Waals surface area contributed by atoms with Crippen LogP contribution in [0, 0.1) is 6.92 Å². The minimum absolute atomic E-state index is 0.00912. The third-order valence-corrected chi connectivity index (χ3v) is 3.09. The van der Waals surface area contributed by atoms with Crippen LogP contribution in [0.4, 0.5) is 5.82 Å². The van der Waals surface area contributed by atoms with Gasteiger partial charge in [-0.2, -0.15) is 0 Å². The maximum absolute atomic E-state index is 12.6. The van der Waals surface area contributed by atoms with Crippen LogP contribution in [0.2, 0.25) is 0 Å². The van der Waals surface area contributed by atoms with Crippen molar-refractivity contribution in [3.05, 3.63) is 23.4 Å². The molecule has 0 atom stereocenters. The molecule has 0 fully saturated rings. The summed E-state index contributed by atoms with van der Waals surface area (Å²) in [5.74, 6) is 0.687. The Morgan fingerprint density at radius 2 is 1.95 bits per heavy atom. The average Bonchev–Trinajstić information content (AvgIpc) is 2.49. The van der Waals surface area contributed by atoms with Gasteiger partial charge < -0.3 is 19.7 Å². The number of nitrogens with zero attached hydrogens (tertiary/aromatic N) is 2. The molecule has 1 heterocycles. The Hall–Kier alpha value is -1.66. The van der Waals surface area contributed by atoms with Crippen LogP contribution in [0.15, 0.2) is 12.1 Å². The number of hydrogen-bond donors (Lipinski definition) is 1. The van der Waals surface area contributed by atoms with Crippen LogP contribution in [0.5, 0.6) is 0 Å². The number of carbonyl (C=O) groups is 1. The molecule has 21 heavy (non-hydrogen) atoms. The number of methoxy groups -OCH3 is 2. The van der Waals surface area contributed by atoms with Gasteiger partial charge in [-0.15, -0.1) is 0 Å². The first-order chi connectivity index (χ1) is 10.1. The van der Waals surface area contributed by atoms with Gasteiger partial charge in [0.1, 0.15) is 5.82 Å². The summed E-state index contributed by atoms with van der Waals surface area (Å²) in [5.41, 5.74) is 1.45. The SMILES string of the molecule is CNc1cc(C(=O)N(CCCOC)CCOC)cc(C)n1. The third kappa shape index (κ3) is 5.69. The summed E-state index contributed by atoms with van der Waals surface area (Å²) in [4.78, 5) is 18.7. The molecule has 6 heteroatoms. The predicted octanol–water partition coefficient (Wildman–Crippen LogP) is 1.56. The maximum atomic E-state index is 12.6. The second kappa shape index (κ2) is 9.31. The van der Waals surface area contributed by atoms with E-state index in [4.69, 9.17) is 9.47 Å². The van der Waals surface area contributed by atoms with E-state index >= 15 is 0 Å². The molecule has 0 radical (unpaired) electrons. The monoisotopic (exact) mass is 295 g/mol. The van der Waals surface area contributed by atoms with Gasteiger partial charge in [-0.3, -0.25) is 4.79 Å². The van der Waals surface area contributed by atoms with E-state index in [1.807, 2.05) is 6.92 Å². The molecule has 118 valence electrons. The van der Waals surface area contributed by atoms with E-state index in [2.05, 4.69) is 10.3 Å². The first kappa shape index (κ1) is 17.4. The van der Waals surface area contributed by atoms with E-state index in [-0.39, 0.29) is 5.91 Å². The predicted molar refractivity (Wildman–Crippen MR) is 82.8 cm³/mol. The average molecular weight is 295 g/mol. The zero-order chi connectivity index (χ0) is 15.7. The molecule has 0 aliphatic heterocycles. The number of anilines is 1. The minimum Gasteiger partial charge on any atom is -0.385 e. The largest absolute Gasteiger partial charge is 0.385 e. The van der Waals surface area contributed by atoms with Gasteiger partial charge in [0.15, 0.2) is 0 Å². The number of rotatable bonds is 9. The molecule has 1 N–H and O–H groups in total. The van der Waals surface area contributed by atoms with Crippen molar-refractivity contribution in [1.82, 2.24) is 9.88 Å². The number of nitrogens with one attached hydrogen (secondary N) is 1. The van der Waals surface area contributed by atoms with Crippen molar-refractivity contribution >= 4 is 11.7 Å². The summed E-state index contributed by atoms with van der Waals surface area (Å²) in [5, 5.41) is 2.97. The van der Waals surface area contributed by atoms with Gasteiger partial charge in [-0.05, 0) is 25.5 Å². The van der Waals surface area contributed by atoms with Gasteiger partial charge in [0.2, 0.25) is 0 Å². The standard InChI is InChI=1S/C15H25N3O3/c1-12-10-13(11-14(16-2)17-12)15(19)18(7-9-21-4)6-5-8-20-3/h10-11H,5-9H2,1-4H3,(H,16,17). The van der Waals surface area contributed by atoms with Crippen molar-refractivity contribution < 1.29 is 14.3 Å². The Morgan fingerprint density at radius 3 is 2.57 bits per heavy atom. The number of hydrogen-bond acceptors (Lipinski definition) is 5. The van der Waals surface area contributed by atoms with Crippen LogP contribution in [-0.4, -0.2) is 63.4 Å². The normalized spacial score (nSPS) is 10.5. The second-order valence-electron chi connectivity index (χ2n) is 4.76. The van der Waals surface area contributed by atoms with Gasteiger partial charge in [0.05, 0.1) is 6.61 Å². The van der Waals surface area contributed by atoms with Crippen LogP contribution in [0.25, 0.3) is 0 Å². The molecule has 0 aliphatic carbocycles. The highest BCUT2D eigenvalue weighted by atomic mass is 16.5. The zero-order valence-electron chi connectivity index (χ0n) is 13.3. The highest BCUT2D eigenvalue weighted by molar-refractivity contribution is 5.95. The number of carbonyl (C=O) groups excluding carboxylic acids is 1. The van der Waals surface area contributed by atoms with E-state index in [0.717, 1.165) is 12.1 Å². The molecule has 0 unspecified atom stereocenters. The number of aromatic nitrogens is 1. The molecule has 0 saturated carbocycles. The summed E-state index contributed by atoms with van der Waals surface area (Å²) >= 11 is 0. The van der Waals surface area contributed by atoms with Gasteiger partial charge in [0, 0.05) is 52.2 Å². The molecule has 0 bridgehead atoms. The van der Waals surface area contributed by atoms with Crippen molar-refractivity contribution in [1.29, 1.82) is 0 Å². The van der Waals surface area contributed by atoms with E-state index in [1.165, 1.54) is 0 Å². The van der Waals surface area contributed by atoms with Gasteiger partial charge in [-0.25, -0.2) is 4.98 Å². The van der Waals surface area contributed by atoms with Crippen LogP contribution in [-0.2, 0) is 9.47 Å². The molecule has 0 saturated heterocycles. The first-order valence-corrected chi connectivity index (χ1v) is 7.06. The molecule has 0 aromatic carbocycles. The number of pyridine rings is 1. The van der Waals surface area contributed by atoms with Crippen molar-refractivity contribution in [3.63, 3.8) is 0 Å². The molecular formula is C15H25N3O3. The summed E-state index contributed by atoms with van der Waals surface area (Å²) in [6.45, 7) is 4.24. The fraction of sp³-hybridized carbons (Fsp3) is 0.600. The fourth-order valence-corrected chi connectivity index (χ4v) is 2.02. The van der Waals surface area contributed by atoms with Crippen molar-refractivity contribution in [2.24, 2.45) is 0 Å². The lowest BCUT2D eigenvalue weighted by molar-refractivity contribution is 0.0674. The van der Waals surface area contributed by atoms with Crippen molar-refractivity contribution in [2.45, 2.75) is 13.3 Å². The van der Waals surface area contributed by atoms with Crippen LogP contribution in [0.1, 0.15) is 22.5 Å². The minimum atomic E-state index is -0.00912. The Kier molecular flexibility index (Phi) is 7.71. The van der Waals surface area contributed by atoms with Crippen LogP contribution >= 0.6 is 0 Å². The summed E-state index contributed by atoms with van der Waals surface area (Å²) in [7, 11) is 5.08. The zero-order valence-corrected chi connectivity index (χ0v) is 13.3. The van der Waals surface area contributed by atoms with E-state index in [0.29, 0.717) is 37.7 Å². The third-order valence-electron chi connectivity index (χ3n) is 3.09. The van der Waals surface area contributed by atoms with Crippen molar-refractivity contribution in [3.8, 4) is 0 Å². The summed E-state index contributed by atoms with van der Waals surface area (Å²) in [6.07, 6.45) is 0.801. The lowest BCUT2D eigenvalue weighted by atomic mass is 10.2. The number of aryl methyl sites for hydroxylation is 1. The molecule has 1 amide bonds. The van der Waals surface area contributed by atoms with Gasteiger partial charge in [-0.1, -0.05) is 0 Å². The smallest absolute Gasteiger partial charge is 0.254 e. The molecular weight excluding hydrogens is 270 g/mol. The van der Waals surface area contributed by atoms with Crippen LogP contribution in [0.3, 0.4) is 0 Å². The van der Waals surface area contributed by atoms with Gasteiger partial charge >= 0.3 is 0 Å². The molecule has 0 spiro atoms. The first-order valence-electron chi connectivity index (χ1n) is 7.06. The van der Waals surface area contributed by atoms with E-state index in [1.54, 1.807) is 38.3 Å². The highest BCUT2D eigenvalue weighted by Gasteiger charge is 2.16.